The van der Waals surface area contributed by atoms with E-state index in [0.29, 0.717) is 5.82 Å². The second kappa shape index (κ2) is 3.94. The molecule has 0 aliphatic carbocycles. The van der Waals surface area contributed by atoms with E-state index in [4.69, 9.17) is 4.74 Å². The molecule has 0 spiro atoms. The Kier molecular flexibility index (Phi) is 2.64. The highest BCUT2D eigenvalue weighted by Gasteiger charge is 2.10. The minimum Gasteiger partial charge on any atom is -0.491 e. The lowest BCUT2D eigenvalue weighted by atomic mass is 10.2. The molecule has 0 amide bonds. The zero-order chi connectivity index (χ0) is 10.8. The summed E-state index contributed by atoms with van der Waals surface area (Å²) in [5.41, 5.74) is 1.91. The maximum absolute atomic E-state index is 13.3. The first-order valence-electron chi connectivity index (χ1n) is 4.32. The van der Waals surface area contributed by atoms with E-state index >= 15 is 0 Å². The number of thiophene rings is 1. The minimum atomic E-state index is -0.631. The van der Waals surface area contributed by atoms with Crippen molar-refractivity contribution in [3.63, 3.8) is 0 Å². The third kappa shape index (κ3) is 1.83. The molecule has 78 valence electrons. The largest absolute Gasteiger partial charge is 0.491 e. The maximum Gasteiger partial charge on any atom is 0.258 e. The van der Waals surface area contributed by atoms with E-state index in [0.717, 1.165) is 11.1 Å². The Labute approximate surface area is 90.6 Å². The number of methoxy groups -OCH3 is 1. The van der Waals surface area contributed by atoms with E-state index in [9.17, 15) is 4.39 Å². The third-order valence-electron chi connectivity index (χ3n) is 2.03. The first-order chi connectivity index (χ1) is 7.22. The van der Waals surface area contributed by atoms with E-state index in [-0.39, 0.29) is 5.75 Å². The summed E-state index contributed by atoms with van der Waals surface area (Å²) < 4.78 is 18.1. The van der Waals surface area contributed by atoms with E-state index < -0.39 is 5.95 Å². The lowest BCUT2D eigenvalue weighted by Crippen LogP contribution is -1.96. The molecule has 0 bridgehead atoms. The van der Waals surface area contributed by atoms with Crippen molar-refractivity contribution in [2.24, 2.45) is 0 Å². The monoisotopic (exact) mass is 224 g/mol. The summed E-state index contributed by atoms with van der Waals surface area (Å²) in [5.74, 6) is -0.174. The fourth-order valence-electron chi connectivity index (χ4n) is 1.21. The van der Waals surface area contributed by atoms with Crippen LogP contribution < -0.4 is 4.74 Å². The predicted octanol–water partition coefficient (Wildman–Crippen LogP) is 2.66. The zero-order valence-corrected chi connectivity index (χ0v) is 9.14. The van der Waals surface area contributed by atoms with Crippen LogP contribution in [0.2, 0.25) is 0 Å². The van der Waals surface area contributed by atoms with E-state index in [1.54, 1.807) is 11.3 Å². The first kappa shape index (κ1) is 10.0. The van der Waals surface area contributed by atoms with Crippen molar-refractivity contribution >= 4 is 11.3 Å². The van der Waals surface area contributed by atoms with Gasteiger partial charge in [-0.1, -0.05) is 0 Å². The zero-order valence-electron chi connectivity index (χ0n) is 8.32. The third-order valence-corrected chi connectivity index (χ3v) is 2.89. The fraction of sp³-hybridized carbons (Fsp3) is 0.200. The number of hydrogen-bond donors (Lipinski definition) is 0. The number of ether oxygens (including phenoxy) is 1. The van der Waals surface area contributed by atoms with Crippen LogP contribution in [0.15, 0.2) is 17.0 Å². The van der Waals surface area contributed by atoms with Gasteiger partial charge in [-0.25, -0.2) is 4.98 Å². The highest BCUT2D eigenvalue weighted by Crippen LogP contribution is 2.25. The normalized spacial score (nSPS) is 10.3. The Morgan fingerprint density at radius 1 is 1.40 bits per heavy atom. The van der Waals surface area contributed by atoms with Crippen molar-refractivity contribution in [1.82, 2.24) is 9.97 Å². The van der Waals surface area contributed by atoms with Crippen molar-refractivity contribution in [2.75, 3.05) is 7.11 Å². The topological polar surface area (TPSA) is 35.0 Å². The van der Waals surface area contributed by atoms with E-state index in [1.165, 1.54) is 13.3 Å². The number of rotatable bonds is 2. The van der Waals surface area contributed by atoms with Gasteiger partial charge in [0.05, 0.1) is 13.3 Å². The lowest BCUT2D eigenvalue weighted by Gasteiger charge is -2.02. The molecule has 0 atom stereocenters. The fourth-order valence-corrected chi connectivity index (χ4v) is 2.03. The van der Waals surface area contributed by atoms with Gasteiger partial charge >= 0.3 is 0 Å². The second-order valence-corrected chi connectivity index (χ2v) is 3.76. The van der Waals surface area contributed by atoms with Gasteiger partial charge in [-0.2, -0.15) is 20.7 Å². The number of nitrogens with zero attached hydrogens (tertiary/aromatic N) is 2. The van der Waals surface area contributed by atoms with Gasteiger partial charge in [-0.3, -0.25) is 0 Å². The molecular formula is C10H9FN2OS. The molecule has 0 saturated heterocycles. The van der Waals surface area contributed by atoms with Crippen LogP contribution in [0.1, 0.15) is 5.56 Å². The summed E-state index contributed by atoms with van der Waals surface area (Å²) in [6.45, 7) is 1.94. The van der Waals surface area contributed by atoms with Gasteiger partial charge in [0, 0.05) is 10.9 Å². The number of aromatic nitrogens is 2. The average Bonchev–Trinajstić information content (AvgIpc) is 2.64. The molecule has 0 aliphatic heterocycles. The highest BCUT2D eigenvalue weighted by atomic mass is 32.1. The van der Waals surface area contributed by atoms with Crippen LogP contribution in [0.3, 0.4) is 0 Å². The van der Waals surface area contributed by atoms with Gasteiger partial charge in [0.15, 0.2) is 11.6 Å². The molecule has 0 radical (unpaired) electrons. The molecule has 3 nitrogen and oxygen atoms in total. The molecular weight excluding hydrogens is 215 g/mol. The van der Waals surface area contributed by atoms with Crippen molar-refractivity contribution in [3.8, 4) is 17.1 Å². The van der Waals surface area contributed by atoms with Gasteiger partial charge in [-0.15, -0.1) is 0 Å². The highest BCUT2D eigenvalue weighted by molar-refractivity contribution is 7.08. The molecule has 2 aromatic rings. The molecule has 2 heterocycles. The summed E-state index contributed by atoms with van der Waals surface area (Å²) in [4.78, 5) is 7.80. The molecule has 0 unspecified atom stereocenters. The quantitative estimate of drug-likeness (QED) is 0.735. The number of hydrogen-bond acceptors (Lipinski definition) is 4. The van der Waals surface area contributed by atoms with Gasteiger partial charge in [-0.05, 0) is 17.9 Å². The summed E-state index contributed by atoms with van der Waals surface area (Å²) in [7, 11) is 1.39. The molecule has 15 heavy (non-hydrogen) atoms. The Hall–Kier alpha value is -1.49. The van der Waals surface area contributed by atoms with E-state index in [1.807, 2.05) is 17.7 Å². The van der Waals surface area contributed by atoms with Crippen LogP contribution in [-0.2, 0) is 0 Å². The van der Waals surface area contributed by atoms with Crippen LogP contribution in [0.4, 0.5) is 4.39 Å². The lowest BCUT2D eigenvalue weighted by molar-refractivity contribution is 0.375. The van der Waals surface area contributed by atoms with Crippen LogP contribution in [0, 0.1) is 12.9 Å². The molecule has 0 aliphatic rings. The van der Waals surface area contributed by atoms with Gasteiger partial charge < -0.3 is 4.74 Å². The van der Waals surface area contributed by atoms with Gasteiger partial charge in [0.2, 0.25) is 0 Å². The summed E-state index contributed by atoms with van der Waals surface area (Å²) in [6, 6.07) is 0. The SMILES string of the molecule is COc1cnc(-c2cscc2C)nc1F. The molecule has 2 aromatic heterocycles. The summed E-state index contributed by atoms with van der Waals surface area (Å²) in [6.07, 6.45) is 1.34. The first-order valence-corrected chi connectivity index (χ1v) is 5.26. The van der Waals surface area contributed by atoms with Crippen molar-refractivity contribution < 1.29 is 9.13 Å². The Morgan fingerprint density at radius 3 is 2.73 bits per heavy atom. The van der Waals surface area contributed by atoms with Crippen molar-refractivity contribution in [1.29, 1.82) is 0 Å². The Bertz CT molecular complexity index is 484. The minimum absolute atomic E-state index is 0.0617. The van der Waals surface area contributed by atoms with Crippen LogP contribution in [0.25, 0.3) is 11.4 Å². The number of halogens is 1. The summed E-state index contributed by atoms with van der Waals surface area (Å²) in [5, 5.41) is 3.87. The van der Waals surface area contributed by atoms with Crippen LogP contribution in [-0.4, -0.2) is 17.1 Å². The number of aryl methyl sites for hydroxylation is 1. The van der Waals surface area contributed by atoms with Crippen molar-refractivity contribution in [2.45, 2.75) is 6.92 Å². The Morgan fingerprint density at radius 2 is 2.20 bits per heavy atom. The standard InChI is InChI=1S/C10H9FN2OS/c1-6-4-15-5-7(6)10-12-3-8(14-2)9(11)13-10/h3-5H,1-2H3. The van der Waals surface area contributed by atoms with Crippen LogP contribution in [0.5, 0.6) is 5.75 Å². The van der Waals surface area contributed by atoms with Crippen LogP contribution >= 0.6 is 11.3 Å². The van der Waals surface area contributed by atoms with Gasteiger partial charge in [0.25, 0.3) is 5.95 Å². The molecule has 5 heteroatoms. The molecule has 0 fully saturated rings. The molecule has 2 rings (SSSR count). The molecule has 0 N–H and O–H groups in total. The predicted molar refractivity (Wildman–Crippen MR) is 56.6 cm³/mol. The average molecular weight is 224 g/mol. The maximum atomic E-state index is 13.3. The smallest absolute Gasteiger partial charge is 0.258 e. The Balaban J connectivity index is 2.47. The molecule has 0 saturated carbocycles. The molecule has 0 aromatic carbocycles. The second-order valence-electron chi connectivity index (χ2n) is 3.02. The van der Waals surface area contributed by atoms with Crippen molar-refractivity contribution in [3.05, 3.63) is 28.5 Å². The summed E-state index contributed by atoms with van der Waals surface area (Å²) >= 11 is 1.54. The van der Waals surface area contributed by atoms with E-state index in [2.05, 4.69) is 9.97 Å². The van der Waals surface area contributed by atoms with Gasteiger partial charge in [0.1, 0.15) is 0 Å².